The Kier molecular flexibility index (Phi) is 14.6. The Labute approximate surface area is 155 Å². The average Bonchev–Trinajstić information content (AvgIpc) is 2.39. The second kappa shape index (κ2) is 14.4. The summed E-state index contributed by atoms with van der Waals surface area (Å²) in [6.07, 6.45) is 0.941. The molecule has 0 aliphatic carbocycles. The molecule has 146 valence electrons. The maximum atomic E-state index is 5.88. The third-order valence-corrected chi connectivity index (χ3v) is 8.08. The standard InChI is InChI=1S/C18H42O4Si2/c1-13(2)19-17(20-14(3)4)11-23-9-10-24-12-18(21-15(5)6)22-16(7)8/h13-18H,9-12,23-24H2,1-8H3. The molecule has 0 N–H and O–H groups in total. The van der Waals surface area contributed by atoms with Gasteiger partial charge in [-0.2, -0.15) is 0 Å². The first kappa shape index (κ1) is 24.3. The fourth-order valence-electron chi connectivity index (χ4n) is 2.53. The summed E-state index contributed by atoms with van der Waals surface area (Å²) in [7, 11) is -0.215. The second-order valence-corrected chi connectivity index (χ2v) is 11.6. The average molecular weight is 379 g/mol. The summed E-state index contributed by atoms with van der Waals surface area (Å²) in [6, 6.07) is 5.03. The van der Waals surface area contributed by atoms with Gasteiger partial charge in [-0.3, -0.25) is 0 Å². The molecule has 0 heterocycles. The van der Waals surface area contributed by atoms with Crippen molar-refractivity contribution in [1.29, 1.82) is 0 Å². The summed E-state index contributed by atoms with van der Waals surface area (Å²) in [4.78, 5) is 0. The molecule has 24 heavy (non-hydrogen) atoms. The topological polar surface area (TPSA) is 36.9 Å². The molecule has 0 aliphatic rings. The van der Waals surface area contributed by atoms with Gasteiger partial charge in [0.25, 0.3) is 0 Å². The molecule has 0 aromatic heterocycles. The first-order valence-corrected chi connectivity index (χ1v) is 13.8. The molecule has 0 saturated carbocycles. The Morgan fingerprint density at radius 3 is 0.958 bits per heavy atom. The van der Waals surface area contributed by atoms with Crippen molar-refractivity contribution in [1.82, 2.24) is 0 Å². The molecule has 4 nitrogen and oxygen atoms in total. The van der Waals surface area contributed by atoms with Crippen LogP contribution in [-0.4, -0.2) is 56.0 Å². The first-order chi connectivity index (χ1) is 11.2. The molecule has 0 atom stereocenters. The molecule has 0 aromatic carbocycles. The molecule has 0 amide bonds. The van der Waals surface area contributed by atoms with Crippen LogP contribution in [0, 0.1) is 0 Å². The third-order valence-electron chi connectivity index (χ3n) is 3.33. The van der Waals surface area contributed by atoms with E-state index in [1.807, 2.05) is 0 Å². The summed E-state index contributed by atoms with van der Waals surface area (Å²) >= 11 is 0. The van der Waals surface area contributed by atoms with Crippen molar-refractivity contribution in [3.8, 4) is 0 Å². The van der Waals surface area contributed by atoms with Gasteiger partial charge in [-0.1, -0.05) is 12.1 Å². The van der Waals surface area contributed by atoms with Crippen LogP contribution in [-0.2, 0) is 18.9 Å². The largest absolute Gasteiger partial charge is 0.350 e. The first-order valence-electron chi connectivity index (χ1n) is 9.82. The van der Waals surface area contributed by atoms with Crippen LogP contribution in [0.3, 0.4) is 0 Å². The van der Waals surface area contributed by atoms with Gasteiger partial charge in [0.2, 0.25) is 0 Å². The molecular formula is C18H42O4Si2. The molecule has 0 unspecified atom stereocenters. The fraction of sp³-hybridized carbons (Fsp3) is 1.00. The predicted molar refractivity (Wildman–Crippen MR) is 109 cm³/mol. The van der Waals surface area contributed by atoms with E-state index in [-0.39, 0.29) is 56.0 Å². The number of hydrogen-bond donors (Lipinski definition) is 0. The fourth-order valence-corrected chi connectivity index (χ4v) is 7.14. The van der Waals surface area contributed by atoms with Crippen LogP contribution in [0.15, 0.2) is 0 Å². The Balaban J connectivity index is 3.91. The summed E-state index contributed by atoms with van der Waals surface area (Å²) in [5.41, 5.74) is 0. The van der Waals surface area contributed by atoms with Crippen LogP contribution in [0.5, 0.6) is 0 Å². The Morgan fingerprint density at radius 1 is 0.500 bits per heavy atom. The minimum atomic E-state index is -0.108. The summed E-state index contributed by atoms with van der Waals surface area (Å²) in [5.74, 6) is 0. The van der Waals surface area contributed by atoms with E-state index >= 15 is 0 Å². The smallest absolute Gasteiger partial charge is 0.155 e. The quantitative estimate of drug-likeness (QED) is 0.249. The highest BCUT2D eigenvalue weighted by atomic mass is 28.2. The van der Waals surface area contributed by atoms with Gasteiger partial charge in [0, 0.05) is 19.0 Å². The van der Waals surface area contributed by atoms with Crippen molar-refractivity contribution in [2.24, 2.45) is 0 Å². The van der Waals surface area contributed by atoms with Crippen molar-refractivity contribution in [2.75, 3.05) is 0 Å². The van der Waals surface area contributed by atoms with E-state index in [1.54, 1.807) is 0 Å². The molecule has 0 aromatic rings. The minimum Gasteiger partial charge on any atom is -0.350 e. The summed E-state index contributed by atoms with van der Waals surface area (Å²) in [5, 5.41) is 0. The van der Waals surface area contributed by atoms with Crippen LogP contribution < -0.4 is 0 Å². The van der Waals surface area contributed by atoms with E-state index in [0.29, 0.717) is 0 Å². The van der Waals surface area contributed by atoms with Crippen molar-refractivity contribution in [3.05, 3.63) is 0 Å². The van der Waals surface area contributed by atoms with E-state index in [4.69, 9.17) is 18.9 Å². The second-order valence-electron chi connectivity index (χ2n) is 7.59. The van der Waals surface area contributed by atoms with Crippen molar-refractivity contribution >= 4 is 19.0 Å². The maximum absolute atomic E-state index is 5.88. The van der Waals surface area contributed by atoms with E-state index < -0.39 is 0 Å². The number of ether oxygens (including phenoxy) is 4. The Morgan fingerprint density at radius 2 is 0.750 bits per heavy atom. The van der Waals surface area contributed by atoms with E-state index in [9.17, 15) is 0 Å². The predicted octanol–water partition coefficient (Wildman–Crippen LogP) is 3.35. The van der Waals surface area contributed by atoms with Crippen LogP contribution >= 0.6 is 0 Å². The third kappa shape index (κ3) is 15.8. The van der Waals surface area contributed by atoms with Gasteiger partial charge in [0.05, 0.1) is 24.4 Å². The normalized spacial score (nSPS) is 13.8. The van der Waals surface area contributed by atoms with Gasteiger partial charge < -0.3 is 18.9 Å². The molecule has 0 spiro atoms. The van der Waals surface area contributed by atoms with Gasteiger partial charge in [-0.25, -0.2) is 0 Å². The van der Waals surface area contributed by atoms with Gasteiger partial charge in [-0.15, -0.1) is 0 Å². The van der Waals surface area contributed by atoms with Crippen molar-refractivity contribution in [3.63, 3.8) is 0 Å². The highest BCUT2D eigenvalue weighted by molar-refractivity contribution is 6.42. The Hall–Kier alpha value is 0.274. The SMILES string of the molecule is CC(C)OC(C[SiH2]CC[SiH2]CC(OC(C)C)OC(C)C)OC(C)C. The lowest BCUT2D eigenvalue weighted by atomic mass is 10.4. The number of hydrogen-bond acceptors (Lipinski definition) is 4. The zero-order chi connectivity index (χ0) is 18.5. The number of rotatable bonds is 15. The van der Waals surface area contributed by atoms with Gasteiger partial charge in [-0.05, 0) is 67.5 Å². The van der Waals surface area contributed by atoms with Crippen molar-refractivity contribution < 1.29 is 18.9 Å². The lowest BCUT2D eigenvalue weighted by molar-refractivity contribution is -0.170. The maximum Gasteiger partial charge on any atom is 0.155 e. The van der Waals surface area contributed by atoms with Gasteiger partial charge in [0.1, 0.15) is 0 Å². The van der Waals surface area contributed by atoms with E-state index in [2.05, 4.69) is 55.4 Å². The minimum absolute atomic E-state index is 0.000342. The van der Waals surface area contributed by atoms with Crippen LogP contribution in [0.2, 0.25) is 24.2 Å². The molecule has 0 bridgehead atoms. The lowest BCUT2D eigenvalue weighted by Gasteiger charge is -2.23. The Bertz CT molecular complexity index is 238. The molecular weight excluding hydrogens is 336 g/mol. The van der Waals surface area contributed by atoms with Crippen molar-refractivity contribution in [2.45, 2.75) is 117 Å². The zero-order valence-corrected chi connectivity index (χ0v) is 20.2. The highest BCUT2D eigenvalue weighted by Gasteiger charge is 2.15. The molecule has 6 heteroatoms. The van der Waals surface area contributed by atoms with Crippen LogP contribution in [0.1, 0.15) is 55.4 Å². The summed E-state index contributed by atoms with van der Waals surface area (Å²) < 4.78 is 23.5. The van der Waals surface area contributed by atoms with Crippen LogP contribution in [0.25, 0.3) is 0 Å². The summed E-state index contributed by atoms with van der Waals surface area (Å²) in [6.45, 7) is 16.6. The molecule has 0 aliphatic heterocycles. The van der Waals surface area contributed by atoms with E-state index in [0.717, 1.165) is 12.1 Å². The molecule has 0 fully saturated rings. The van der Waals surface area contributed by atoms with Gasteiger partial charge in [0.15, 0.2) is 12.6 Å². The molecule has 0 rings (SSSR count). The van der Waals surface area contributed by atoms with Crippen LogP contribution in [0.4, 0.5) is 0 Å². The molecule has 0 radical (unpaired) electrons. The monoisotopic (exact) mass is 378 g/mol. The molecule has 0 saturated heterocycles. The lowest BCUT2D eigenvalue weighted by Crippen LogP contribution is -2.26. The highest BCUT2D eigenvalue weighted by Crippen LogP contribution is 2.12. The van der Waals surface area contributed by atoms with E-state index in [1.165, 1.54) is 12.1 Å². The zero-order valence-electron chi connectivity index (χ0n) is 17.3. The van der Waals surface area contributed by atoms with Gasteiger partial charge >= 0.3 is 0 Å².